The number of hydrogen-bond donors (Lipinski definition) is 5. The molecule has 5 N–H and O–H groups in total. The van der Waals surface area contributed by atoms with Crippen LogP contribution in [0.3, 0.4) is 0 Å². The average Bonchev–Trinajstić information content (AvgIpc) is 3.88. The summed E-state index contributed by atoms with van der Waals surface area (Å²) in [5.41, 5.74) is -1.35. The zero-order chi connectivity index (χ0) is 57.8. The number of sulfone groups is 1. The first-order valence-corrected chi connectivity index (χ1v) is 29.5. The number of aliphatic hydroxyl groups excluding tert-OH is 3. The first-order chi connectivity index (χ1) is 36.4. The van der Waals surface area contributed by atoms with Crippen LogP contribution in [0.5, 0.6) is 0 Å². The number of alkyl halides is 1. The molecule has 6 rings (SSSR count). The molecule has 3 saturated heterocycles. The third-order valence-corrected chi connectivity index (χ3v) is 18.1. The SMILES string of the molecule is CC[C@H]1OC(=O)[C@H](C)[C@@H](O[C@H]2C[C@@](C)(OC)[C@@H](O)[C@H](C)O2)[C@H](C)[C@@H](O[C@@H]2O[C@H](C)C[C@H](N(C)CCc3cn([C@H](CF)Cc4ccc(-c5ccc(S(C)(=O)=O)cc5)cc4)nn3)[C@H]2O)[C@](C)(O)C[C@@H](C)CN(C)[C@H](C)[C@@H](O)[C@]1(C)O. The topological polar surface area (TPSA) is 245 Å². The number of aromatic nitrogens is 3. The summed E-state index contributed by atoms with van der Waals surface area (Å²) in [5, 5.41) is 68.5. The van der Waals surface area contributed by atoms with E-state index in [-0.39, 0.29) is 30.1 Å². The van der Waals surface area contributed by atoms with Crippen molar-refractivity contribution in [3.63, 3.8) is 0 Å². The Labute approximate surface area is 461 Å². The Morgan fingerprint density at radius 3 is 2.14 bits per heavy atom. The minimum atomic E-state index is -3.32. The Balaban J connectivity index is 1.22. The second-order valence-electron chi connectivity index (χ2n) is 23.6. The van der Waals surface area contributed by atoms with Gasteiger partial charge in [-0.15, -0.1) is 5.10 Å². The van der Waals surface area contributed by atoms with Crippen LogP contribution in [0.2, 0.25) is 0 Å². The molecule has 3 fully saturated rings. The monoisotopic (exact) mass is 1120 g/mol. The van der Waals surface area contributed by atoms with Crippen LogP contribution in [-0.4, -0.2) is 202 Å². The quantitative estimate of drug-likeness (QED) is 0.119. The van der Waals surface area contributed by atoms with Gasteiger partial charge < -0.3 is 63.8 Å². The number of carbonyl (C=O) groups excluding carboxylic acids is 1. The predicted octanol–water partition coefficient (Wildman–Crippen LogP) is 4.93. The maximum atomic E-state index is 14.7. The van der Waals surface area contributed by atoms with Gasteiger partial charge in [-0.1, -0.05) is 62.4 Å². The van der Waals surface area contributed by atoms with Crippen molar-refractivity contribution in [2.24, 2.45) is 17.8 Å². The lowest BCUT2D eigenvalue weighted by atomic mass is 9.77. The van der Waals surface area contributed by atoms with E-state index in [0.29, 0.717) is 38.0 Å². The molecule has 19 nitrogen and oxygen atoms in total. The first-order valence-electron chi connectivity index (χ1n) is 27.6. The van der Waals surface area contributed by atoms with Crippen molar-refractivity contribution in [2.75, 3.05) is 47.2 Å². The number of likely N-dealkylation sites (N-methyl/N-ethyl adjacent to an activating group) is 2. The van der Waals surface area contributed by atoms with E-state index in [1.165, 1.54) is 25.0 Å². The summed E-state index contributed by atoms with van der Waals surface area (Å²) in [6.45, 7) is 17.5. The van der Waals surface area contributed by atoms with E-state index in [1.54, 1.807) is 78.9 Å². The molecule has 0 spiro atoms. The van der Waals surface area contributed by atoms with E-state index in [0.717, 1.165) is 16.7 Å². The van der Waals surface area contributed by atoms with E-state index in [9.17, 15) is 43.1 Å². The summed E-state index contributed by atoms with van der Waals surface area (Å²) in [6.07, 6.45) is -5.86. The minimum Gasteiger partial charge on any atom is -0.459 e. The van der Waals surface area contributed by atoms with Crippen LogP contribution < -0.4 is 0 Å². The van der Waals surface area contributed by atoms with Gasteiger partial charge in [0.25, 0.3) is 0 Å². The molecule has 0 amide bonds. The molecular weight excluding hydrogens is 1030 g/mol. The molecule has 0 radical (unpaired) electrons. The number of cyclic esters (lactones) is 1. The van der Waals surface area contributed by atoms with Gasteiger partial charge in [0.15, 0.2) is 22.4 Å². The van der Waals surface area contributed by atoms with Crippen LogP contribution >= 0.6 is 0 Å². The molecule has 0 unspecified atom stereocenters. The highest BCUT2D eigenvalue weighted by Crippen LogP contribution is 2.40. The Kier molecular flexibility index (Phi) is 21.3. The second-order valence-corrected chi connectivity index (χ2v) is 25.6. The van der Waals surface area contributed by atoms with E-state index >= 15 is 0 Å². The van der Waals surface area contributed by atoms with Crippen molar-refractivity contribution in [2.45, 2.75) is 209 Å². The lowest BCUT2D eigenvalue weighted by Crippen LogP contribution is -2.61. The number of halogens is 1. The summed E-state index contributed by atoms with van der Waals surface area (Å²) >= 11 is 0. The van der Waals surface area contributed by atoms with Crippen molar-refractivity contribution in [3.8, 4) is 11.1 Å². The average molecular weight is 1120 g/mol. The maximum absolute atomic E-state index is 14.7. The summed E-state index contributed by atoms with van der Waals surface area (Å²) in [6, 6.07) is 12.6. The van der Waals surface area contributed by atoms with Gasteiger partial charge in [-0.05, 0) is 123 Å². The van der Waals surface area contributed by atoms with Crippen LogP contribution in [0.15, 0.2) is 59.6 Å². The summed E-state index contributed by atoms with van der Waals surface area (Å²) < 4.78 is 78.4. The maximum Gasteiger partial charge on any atom is 0.311 e. The molecule has 21 heteroatoms. The lowest BCUT2D eigenvalue weighted by Gasteiger charge is -2.49. The third-order valence-electron chi connectivity index (χ3n) is 17.0. The minimum absolute atomic E-state index is 0.0782. The number of aliphatic hydroxyl groups is 5. The number of nitrogens with zero attached hydrogens (tertiary/aromatic N) is 5. The molecule has 19 atom stereocenters. The zero-order valence-electron chi connectivity index (χ0n) is 48.2. The van der Waals surface area contributed by atoms with Crippen LogP contribution in [0.25, 0.3) is 11.1 Å². The Hall–Kier alpha value is -3.55. The summed E-state index contributed by atoms with van der Waals surface area (Å²) in [4.78, 5) is 18.7. The Morgan fingerprint density at radius 1 is 0.923 bits per heavy atom. The number of methoxy groups -OCH3 is 1. The Morgan fingerprint density at radius 2 is 1.55 bits per heavy atom. The molecule has 1 aromatic heterocycles. The Bertz CT molecular complexity index is 2500. The van der Waals surface area contributed by atoms with Crippen LogP contribution in [0.1, 0.15) is 112 Å². The van der Waals surface area contributed by atoms with Gasteiger partial charge in [0.1, 0.15) is 36.7 Å². The molecule has 78 heavy (non-hydrogen) atoms. The first kappa shape index (κ1) is 63.6. The molecule has 0 bridgehead atoms. The van der Waals surface area contributed by atoms with Crippen molar-refractivity contribution < 1.29 is 71.6 Å². The standard InChI is InChI=1S/C57H90FN5O14S/c1-15-46-57(10,69)50(65)37(6)62(12)31-33(2)28-55(8,68)52(35(4)49(36(5)53(67)75-46)76-47-29-56(9,72-13)51(66)38(7)74-47)77-54-48(64)45(26-34(3)73-54)61(11)25-24-42-32-63(60-59-42)43(30-58)27-39-16-18-40(19-17-39)41-20-22-44(23-21-41)78(14,70)71/h16-23,32-38,43,45-52,54,64-66,68-69H,15,24-31H2,1-14H3/t33-,34-,35+,36-,37-,38+,43+,45+,46-,47+,48-,49+,50-,51+,52-,54+,55-,56-,57-/m1/s1. The van der Waals surface area contributed by atoms with Gasteiger partial charge in [0.2, 0.25) is 0 Å². The van der Waals surface area contributed by atoms with Gasteiger partial charge in [-0.25, -0.2) is 17.5 Å². The predicted molar refractivity (Wildman–Crippen MR) is 291 cm³/mol. The number of esters is 1. The van der Waals surface area contributed by atoms with Crippen LogP contribution in [0, 0.1) is 17.8 Å². The smallest absolute Gasteiger partial charge is 0.311 e. The number of carbonyl (C=O) groups is 1. The molecule has 3 aromatic rings. The van der Waals surface area contributed by atoms with Gasteiger partial charge in [-0.3, -0.25) is 4.79 Å². The number of rotatable bonds is 16. The van der Waals surface area contributed by atoms with E-state index in [2.05, 4.69) is 10.3 Å². The fourth-order valence-electron chi connectivity index (χ4n) is 11.9. The second kappa shape index (κ2) is 26.1. The summed E-state index contributed by atoms with van der Waals surface area (Å²) in [5.74, 6) is -2.90. The van der Waals surface area contributed by atoms with E-state index in [1.807, 2.05) is 62.0 Å². The highest BCUT2D eigenvalue weighted by molar-refractivity contribution is 7.90. The van der Waals surface area contributed by atoms with E-state index < -0.39 is 131 Å². The number of hydrogen-bond acceptors (Lipinski definition) is 18. The third kappa shape index (κ3) is 14.9. The number of benzene rings is 2. The lowest BCUT2D eigenvalue weighted by molar-refractivity contribution is -0.318. The van der Waals surface area contributed by atoms with Crippen LogP contribution in [-0.2, 0) is 55.9 Å². The highest BCUT2D eigenvalue weighted by atomic mass is 32.2. The molecule has 3 aliphatic rings. The molecule has 440 valence electrons. The van der Waals surface area contributed by atoms with Gasteiger partial charge >= 0.3 is 5.97 Å². The summed E-state index contributed by atoms with van der Waals surface area (Å²) in [7, 11) is 1.88. The van der Waals surface area contributed by atoms with Crippen molar-refractivity contribution in [3.05, 3.63) is 66.0 Å². The zero-order valence-corrected chi connectivity index (χ0v) is 49.0. The molecule has 3 aliphatic heterocycles. The highest BCUT2D eigenvalue weighted by Gasteiger charge is 2.53. The van der Waals surface area contributed by atoms with Crippen LogP contribution in [0.4, 0.5) is 4.39 Å². The van der Waals surface area contributed by atoms with E-state index in [4.69, 9.17) is 28.4 Å². The molecule has 0 saturated carbocycles. The molecule has 0 aliphatic carbocycles. The molecule has 4 heterocycles. The number of ether oxygens (including phenoxy) is 6. The normalized spacial score (nSPS) is 37.6. The van der Waals surface area contributed by atoms with Gasteiger partial charge in [0, 0.05) is 63.5 Å². The molecular formula is C57H90FN5O14S. The fourth-order valence-corrected chi connectivity index (χ4v) is 12.6. The molecule has 2 aromatic carbocycles. The largest absolute Gasteiger partial charge is 0.459 e. The van der Waals surface area contributed by atoms with Crippen molar-refractivity contribution in [1.29, 1.82) is 0 Å². The van der Waals surface area contributed by atoms with Gasteiger partial charge in [0.05, 0.1) is 58.2 Å². The fraction of sp³-hybridized carbons (Fsp3) is 0.737. The van der Waals surface area contributed by atoms with Gasteiger partial charge in [-0.2, -0.15) is 0 Å². The van der Waals surface area contributed by atoms with Crippen molar-refractivity contribution in [1.82, 2.24) is 24.8 Å². The van der Waals surface area contributed by atoms with Crippen molar-refractivity contribution >= 4 is 15.8 Å².